The summed E-state index contributed by atoms with van der Waals surface area (Å²) in [7, 11) is 2.23. The molecule has 1 rings (SSSR count). The van der Waals surface area contributed by atoms with Gasteiger partial charge in [0.25, 0.3) is 0 Å². The summed E-state index contributed by atoms with van der Waals surface area (Å²) in [5.74, 6) is 0.848. The monoisotopic (exact) mass is 184 g/mol. The highest BCUT2D eigenvalue weighted by Crippen LogP contribution is 2.28. The molecule has 0 aromatic rings. The Balaban J connectivity index is 2.44. The Kier molecular flexibility index (Phi) is 3.74. The van der Waals surface area contributed by atoms with Crippen molar-refractivity contribution in [2.45, 2.75) is 58.2 Å². The summed E-state index contributed by atoms with van der Waals surface area (Å²) in [6.45, 7) is 6.77. The van der Waals surface area contributed by atoms with E-state index < -0.39 is 0 Å². The maximum absolute atomic E-state index is 5.84. The van der Waals surface area contributed by atoms with Crippen molar-refractivity contribution in [2.24, 2.45) is 11.7 Å². The molecule has 0 radical (unpaired) electrons. The van der Waals surface area contributed by atoms with Crippen LogP contribution in [0.5, 0.6) is 0 Å². The third-order valence-electron chi connectivity index (χ3n) is 3.44. The molecule has 1 fully saturated rings. The first-order valence-corrected chi connectivity index (χ1v) is 5.48. The van der Waals surface area contributed by atoms with Gasteiger partial charge in [-0.25, -0.2) is 0 Å². The number of nitrogens with two attached hydrogens (primary N) is 1. The molecule has 13 heavy (non-hydrogen) atoms. The fourth-order valence-electron chi connectivity index (χ4n) is 2.55. The van der Waals surface area contributed by atoms with Gasteiger partial charge in [-0.3, -0.25) is 0 Å². The standard InChI is InChI=1S/C11H24N2/c1-8(12)5-11-6-9(2)13(4)10(3)7-11/h8-11H,5-7,12H2,1-4H3. The zero-order chi connectivity index (χ0) is 10.0. The van der Waals surface area contributed by atoms with Gasteiger partial charge in [0.05, 0.1) is 0 Å². The lowest BCUT2D eigenvalue weighted by molar-refractivity contribution is 0.0922. The molecule has 0 aliphatic carbocycles. The van der Waals surface area contributed by atoms with E-state index >= 15 is 0 Å². The number of hydrogen-bond donors (Lipinski definition) is 1. The second-order valence-electron chi connectivity index (χ2n) is 4.91. The van der Waals surface area contributed by atoms with E-state index in [4.69, 9.17) is 5.73 Å². The van der Waals surface area contributed by atoms with Crippen LogP contribution in [0, 0.1) is 5.92 Å². The minimum absolute atomic E-state index is 0.368. The van der Waals surface area contributed by atoms with Crippen LogP contribution in [0.15, 0.2) is 0 Å². The number of hydrogen-bond acceptors (Lipinski definition) is 2. The van der Waals surface area contributed by atoms with Gasteiger partial charge in [0.2, 0.25) is 0 Å². The van der Waals surface area contributed by atoms with Crippen LogP contribution in [-0.4, -0.2) is 30.1 Å². The highest BCUT2D eigenvalue weighted by Gasteiger charge is 2.28. The number of likely N-dealkylation sites (tertiary alicyclic amines) is 1. The van der Waals surface area contributed by atoms with E-state index in [0.29, 0.717) is 6.04 Å². The molecule has 0 aromatic heterocycles. The van der Waals surface area contributed by atoms with Crippen molar-refractivity contribution in [1.29, 1.82) is 0 Å². The van der Waals surface area contributed by atoms with Crippen molar-refractivity contribution in [3.8, 4) is 0 Å². The van der Waals surface area contributed by atoms with Gasteiger partial charge in [0, 0.05) is 18.1 Å². The molecule has 0 bridgehead atoms. The molecule has 1 heterocycles. The first-order valence-electron chi connectivity index (χ1n) is 5.48. The van der Waals surface area contributed by atoms with Crippen LogP contribution >= 0.6 is 0 Å². The molecule has 1 aliphatic heterocycles. The van der Waals surface area contributed by atoms with Gasteiger partial charge in [-0.15, -0.1) is 0 Å². The molecule has 0 spiro atoms. The third kappa shape index (κ3) is 2.96. The Bertz CT molecular complexity index is 144. The zero-order valence-electron chi connectivity index (χ0n) is 9.46. The average molecular weight is 184 g/mol. The Morgan fingerprint density at radius 3 is 2.15 bits per heavy atom. The number of nitrogens with zero attached hydrogens (tertiary/aromatic N) is 1. The van der Waals surface area contributed by atoms with E-state index in [1.54, 1.807) is 0 Å². The van der Waals surface area contributed by atoms with Crippen molar-refractivity contribution < 1.29 is 0 Å². The molecule has 1 aliphatic rings. The van der Waals surface area contributed by atoms with Crippen LogP contribution in [0.2, 0.25) is 0 Å². The van der Waals surface area contributed by atoms with E-state index in [-0.39, 0.29) is 0 Å². The van der Waals surface area contributed by atoms with Gasteiger partial charge < -0.3 is 10.6 Å². The van der Waals surface area contributed by atoms with Crippen molar-refractivity contribution in [3.63, 3.8) is 0 Å². The lowest BCUT2D eigenvalue weighted by Gasteiger charge is -2.40. The highest BCUT2D eigenvalue weighted by atomic mass is 15.2. The van der Waals surface area contributed by atoms with Crippen LogP contribution in [0.4, 0.5) is 0 Å². The molecular formula is C11H24N2. The van der Waals surface area contributed by atoms with Gasteiger partial charge in [-0.05, 0) is 53.0 Å². The molecule has 0 saturated carbocycles. The van der Waals surface area contributed by atoms with Crippen molar-refractivity contribution in [1.82, 2.24) is 4.90 Å². The summed E-state index contributed by atoms with van der Waals surface area (Å²) in [5.41, 5.74) is 5.84. The van der Waals surface area contributed by atoms with Gasteiger partial charge in [0.15, 0.2) is 0 Å². The Labute approximate surface area is 82.5 Å². The van der Waals surface area contributed by atoms with Crippen LogP contribution in [0.3, 0.4) is 0 Å². The number of rotatable bonds is 2. The van der Waals surface area contributed by atoms with Gasteiger partial charge in [0.1, 0.15) is 0 Å². The summed E-state index contributed by atoms with van der Waals surface area (Å²) in [6, 6.07) is 1.83. The second-order valence-corrected chi connectivity index (χ2v) is 4.91. The first kappa shape index (κ1) is 11.0. The lowest BCUT2D eigenvalue weighted by Crippen LogP contribution is -2.44. The number of piperidine rings is 1. The molecule has 0 aromatic carbocycles. The SMILES string of the molecule is CC(N)CC1CC(C)N(C)C(C)C1. The quantitative estimate of drug-likeness (QED) is 0.709. The minimum Gasteiger partial charge on any atom is -0.328 e. The average Bonchev–Trinajstić information content (AvgIpc) is 1.98. The van der Waals surface area contributed by atoms with Gasteiger partial charge in [-0.1, -0.05) is 0 Å². The van der Waals surface area contributed by atoms with Gasteiger partial charge >= 0.3 is 0 Å². The van der Waals surface area contributed by atoms with E-state index in [1.807, 2.05) is 0 Å². The van der Waals surface area contributed by atoms with E-state index in [9.17, 15) is 0 Å². The Hall–Kier alpha value is -0.0800. The van der Waals surface area contributed by atoms with Crippen LogP contribution in [0.25, 0.3) is 0 Å². The fourth-order valence-corrected chi connectivity index (χ4v) is 2.55. The molecule has 2 heteroatoms. The topological polar surface area (TPSA) is 29.3 Å². The summed E-state index contributed by atoms with van der Waals surface area (Å²) in [6.07, 6.45) is 3.84. The smallest absolute Gasteiger partial charge is 0.00693 e. The molecule has 3 unspecified atom stereocenters. The lowest BCUT2D eigenvalue weighted by atomic mass is 9.84. The molecule has 2 nitrogen and oxygen atoms in total. The molecular weight excluding hydrogens is 160 g/mol. The molecule has 3 atom stereocenters. The van der Waals surface area contributed by atoms with Crippen LogP contribution in [0.1, 0.15) is 40.0 Å². The molecule has 2 N–H and O–H groups in total. The maximum atomic E-state index is 5.84. The maximum Gasteiger partial charge on any atom is 0.00693 e. The minimum atomic E-state index is 0.368. The summed E-state index contributed by atoms with van der Waals surface area (Å²) in [4.78, 5) is 2.48. The van der Waals surface area contributed by atoms with E-state index in [0.717, 1.165) is 18.0 Å². The largest absolute Gasteiger partial charge is 0.328 e. The van der Waals surface area contributed by atoms with Crippen molar-refractivity contribution in [3.05, 3.63) is 0 Å². The first-order chi connectivity index (χ1) is 6.00. The Morgan fingerprint density at radius 1 is 1.31 bits per heavy atom. The highest BCUT2D eigenvalue weighted by molar-refractivity contribution is 4.83. The van der Waals surface area contributed by atoms with Crippen LogP contribution < -0.4 is 5.73 Å². The Morgan fingerprint density at radius 2 is 1.77 bits per heavy atom. The fraction of sp³-hybridized carbons (Fsp3) is 1.00. The zero-order valence-corrected chi connectivity index (χ0v) is 9.46. The predicted octanol–water partition coefficient (Wildman–Crippen LogP) is 1.84. The van der Waals surface area contributed by atoms with E-state index in [2.05, 4.69) is 32.7 Å². The summed E-state index contributed by atoms with van der Waals surface area (Å²) >= 11 is 0. The third-order valence-corrected chi connectivity index (χ3v) is 3.44. The molecule has 78 valence electrons. The van der Waals surface area contributed by atoms with Crippen molar-refractivity contribution >= 4 is 0 Å². The second kappa shape index (κ2) is 4.43. The summed E-state index contributed by atoms with van der Waals surface area (Å²) in [5, 5.41) is 0. The molecule has 1 saturated heterocycles. The molecule has 0 amide bonds. The van der Waals surface area contributed by atoms with Crippen molar-refractivity contribution in [2.75, 3.05) is 7.05 Å². The summed E-state index contributed by atoms with van der Waals surface area (Å²) < 4.78 is 0. The predicted molar refractivity (Wildman–Crippen MR) is 57.7 cm³/mol. The normalized spacial score (nSPS) is 39.0. The van der Waals surface area contributed by atoms with Crippen LogP contribution in [-0.2, 0) is 0 Å². The van der Waals surface area contributed by atoms with Gasteiger partial charge in [-0.2, -0.15) is 0 Å². The van der Waals surface area contributed by atoms with E-state index in [1.165, 1.54) is 19.3 Å².